The molecule has 0 saturated carbocycles. The van der Waals surface area contributed by atoms with Gasteiger partial charge in [-0.3, -0.25) is 9.69 Å². The SMILES string of the molecule is CCN(CC)S(=O)(=O)c1ccc(C)c(NC(=O)CN2CCN(c3ccccc3F)CC2)c1. The molecule has 0 aromatic heterocycles. The molecule has 174 valence electrons. The second-order valence-electron chi connectivity index (χ2n) is 7.83. The molecule has 1 aliphatic heterocycles. The van der Waals surface area contributed by atoms with Crippen molar-refractivity contribution < 1.29 is 17.6 Å². The fraction of sp³-hybridized carbons (Fsp3) is 0.435. The van der Waals surface area contributed by atoms with E-state index in [9.17, 15) is 17.6 Å². The number of para-hydroxylation sites is 1. The Morgan fingerprint density at radius 3 is 2.34 bits per heavy atom. The van der Waals surface area contributed by atoms with Crippen molar-refractivity contribution in [1.82, 2.24) is 9.21 Å². The van der Waals surface area contributed by atoms with E-state index in [1.165, 1.54) is 16.4 Å². The molecule has 0 radical (unpaired) electrons. The number of carbonyl (C=O) groups is 1. The van der Waals surface area contributed by atoms with Crippen molar-refractivity contribution in [3.8, 4) is 0 Å². The van der Waals surface area contributed by atoms with Crippen LogP contribution in [-0.4, -0.2) is 69.3 Å². The van der Waals surface area contributed by atoms with Gasteiger partial charge in [0.25, 0.3) is 0 Å². The topological polar surface area (TPSA) is 73.0 Å². The molecule has 1 heterocycles. The third kappa shape index (κ3) is 5.46. The first-order valence-corrected chi connectivity index (χ1v) is 12.3. The molecule has 3 rings (SSSR count). The zero-order valence-corrected chi connectivity index (χ0v) is 19.7. The molecule has 0 aliphatic carbocycles. The Kier molecular flexibility index (Phi) is 7.86. The number of benzene rings is 2. The number of hydrogen-bond acceptors (Lipinski definition) is 5. The zero-order valence-electron chi connectivity index (χ0n) is 18.8. The highest BCUT2D eigenvalue weighted by Crippen LogP contribution is 2.23. The summed E-state index contributed by atoms with van der Waals surface area (Å²) >= 11 is 0. The quantitative estimate of drug-likeness (QED) is 0.653. The summed E-state index contributed by atoms with van der Waals surface area (Å²) < 4.78 is 41.0. The molecule has 1 aliphatic rings. The van der Waals surface area contributed by atoms with Gasteiger partial charge in [-0.1, -0.05) is 32.0 Å². The van der Waals surface area contributed by atoms with Crippen LogP contribution >= 0.6 is 0 Å². The second-order valence-corrected chi connectivity index (χ2v) is 9.77. The lowest BCUT2D eigenvalue weighted by Crippen LogP contribution is -2.49. The number of hydrogen-bond donors (Lipinski definition) is 1. The van der Waals surface area contributed by atoms with E-state index >= 15 is 0 Å². The molecule has 1 amide bonds. The van der Waals surface area contributed by atoms with E-state index in [1.54, 1.807) is 38.1 Å². The molecule has 9 heteroatoms. The molecule has 32 heavy (non-hydrogen) atoms. The first-order chi connectivity index (χ1) is 15.3. The number of amides is 1. The van der Waals surface area contributed by atoms with Gasteiger partial charge in [-0.05, 0) is 36.8 Å². The first kappa shape index (κ1) is 24.2. The molecular weight excluding hydrogens is 431 g/mol. The predicted molar refractivity (Wildman–Crippen MR) is 125 cm³/mol. The molecule has 0 atom stereocenters. The Balaban J connectivity index is 1.61. The molecule has 0 unspecified atom stereocenters. The molecule has 1 N–H and O–H groups in total. The smallest absolute Gasteiger partial charge is 0.243 e. The number of nitrogens with zero attached hydrogens (tertiary/aromatic N) is 3. The Bertz CT molecular complexity index is 1050. The third-order valence-electron chi connectivity index (χ3n) is 5.76. The van der Waals surface area contributed by atoms with Crippen LogP contribution in [0.5, 0.6) is 0 Å². The van der Waals surface area contributed by atoms with Crippen LogP contribution in [0.3, 0.4) is 0 Å². The summed E-state index contributed by atoms with van der Waals surface area (Å²) in [5.74, 6) is -0.446. The Hall–Kier alpha value is -2.49. The van der Waals surface area contributed by atoms with Crippen LogP contribution < -0.4 is 10.2 Å². The highest BCUT2D eigenvalue weighted by molar-refractivity contribution is 7.89. The highest BCUT2D eigenvalue weighted by Gasteiger charge is 2.24. The van der Waals surface area contributed by atoms with Gasteiger partial charge < -0.3 is 10.2 Å². The largest absolute Gasteiger partial charge is 0.367 e. The van der Waals surface area contributed by atoms with Crippen LogP contribution in [0.25, 0.3) is 0 Å². The fourth-order valence-corrected chi connectivity index (χ4v) is 5.34. The van der Waals surface area contributed by atoms with Crippen LogP contribution in [0.1, 0.15) is 19.4 Å². The lowest BCUT2D eigenvalue weighted by molar-refractivity contribution is -0.117. The van der Waals surface area contributed by atoms with Gasteiger partial charge >= 0.3 is 0 Å². The normalized spacial score (nSPS) is 15.2. The number of carbonyl (C=O) groups excluding carboxylic acids is 1. The standard InChI is InChI=1S/C23H31FN4O3S/c1-4-28(5-2)32(30,31)19-11-10-18(3)21(16-19)25-23(29)17-26-12-14-27(15-13-26)22-9-7-6-8-20(22)24/h6-11,16H,4-5,12-15,17H2,1-3H3,(H,25,29). The summed E-state index contributed by atoms with van der Waals surface area (Å²) in [6.45, 7) is 8.91. The van der Waals surface area contributed by atoms with Crippen molar-refractivity contribution in [3.63, 3.8) is 0 Å². The van der Waals surface area contributed by atoms with Gasteiger partial charge in [-0.2, -0.15) is 4.31 Å². The number of sulfonamides is 1. The molecule has 7 nitrogen and oxygen atoms in total. The molecule has 1 saturated heterocycles. The molecule has 1 fully saturated rings. The lowest BCUT2D eigenvalue weighted by Gasteiger charge is -2.35. The number of piperazine rings is 1. The summed E-state index contributed by atoms with van der Waals surface area (Å²) in [6.07, 6.45) is 0. The van der Waals surface area contributed by atoms with Crippen molar-refractivity contribution in [3.05, 3.63) is 53.8 Å². The Morgan fingerprint density at radius 1 is 1.06 bits per heavy atom. The van der Waals surface area contributed by atoms with Crippen LogP contribution in [0.2, 0.25) is 0 Å². The average molecular weight is 463 g/mol. The molecule has 2 aromatic carbocycles. The Morgan fingerprint density at radius 2 is 1.72 bits per heavy atom. The minimum Gasteiger partial charge on any atom is -0.367 e. The number of rotatable bonds is 8. The van der Waals surface area contributed by atoms with E-state index in [1.807, 2.05) is 22.8 Å². The monoisotopic (exact) mass is 462 g/mol. The van der Waals surface area contributed by atoms with E-state index in [4.69, 9.17) is 0 Å². The van der Waals surface area contributed by atoms with Crippen LogP contribution in [0, 0.1) is 12.7 Å². The minimum atomic E-state index is -3.60. The van der Waals surface area contributed by atoms with Crippen LogP contribution in [0.15, 0.2) is 47.4 Å². The average Bonchev–Trinajstić information content (AvgIpc) is 2.77. The van der Waals surface area contributed by atoms with E-state index in [2.05, 4.69) is 5.32 Å². The van der Waals surface area contributed by atoms with E-state index < -0.39 is 10.0 Å². The van der Waals surface area contributed by atoms with Gasteiger partial charge in [-0.25, -0.2) is 12.8 Å². The number of anilines is 2. The maximum atomic E-state index is 14.0. The summed E-state index contributed by atoms with van der Waals surface area (Å²) in [4.78, 5) is 16.8. The van der Waals surface area contributed by atoms with E-state index in [0.717, 1.165) is 5.56 Å². The van der Waals surface area contributed by atoms with E-state index in [0.29, 0.717) is 50.6 Å². The van der Waals surface area contributed by atoms with Gasteiger partial charge in [0.15, 0.2) is 0 Å². The maximum Gasteiger partial charge on any atom is 0.243 e. The molecule has 0 spiro atoms. The summed E-state index contributed by atoms with van der Waals surface area (Å²) in [5, 5.41) is 2.86. The first-order valence-electron chi connectivity index (χ1n) is 10.9. The van der Waals surface area contributed by atoms with Crippen molar-refractivity contribution in [1.29, 1.82) is 0 Å². The highest BCUT2D eigenvalue weighted by atomic mass is 32.2. The summed E-state index contributed by atoms with van der Waals surface area (Å²) in [7, 11) is -3.60. The number of halogens is 1. The van der Waals surface area contributed by atoms with Crippen LogP contribution in [-0.2, 0) is 14.8 Å². The van der Waals surface area contributed by atoms with Crippen molar-refractivity contribution in [2.24, 2.45) is 0 Å². The van der Waals surface area contributed by atoms with Gasteiger partial charge in [0.1, 0.15) is 5.82 Å². The van der Waals surface area contributed by atoms with Gasteiger partial charge in [-0.15, -0.1) is 0 Å². The maximum absolute atomic E-state index is 14.0. The van der Waals surface area contributed by atoms with E-state index in [-0.39, 0.29) is 23.2 Å². The van der Waals surface area contributed by atoms with Gasteiger partial charge in [0, 0.05) is 45.0 Å². The lowest BCUT2D eigenvalue weighted by atomic mass is 10.2. The van der Waals surface area contributed by atoms with Gasteiger partial charge in [0.05, 0.1) is 17.1 Å². The zero-order chi connectivity index (χ0) is 23.3. The summed E-state index contributed by atoms with van der Waals surface area (Å²) in [5.41, 5.74) is 1.87. The van der Waals surface area contributed by atoms with Crippen LogP contribution in [0.4, 0.5) is 15.8 Å². The molecule has 0 bridgehead atoms. The Labute approximate surface area is 189 Å². The summed E-state index contributed by atoms with van der Waals surface area (Å²) in [6, 6.07) is 11.5. The molecular formula is C23H31FN4O3S. The second kappa shape index (κ2) is 10.4. The van der Waals surface area contributed by atoms with Crippen molar-refractivity contribution in [2.45, 2.75) is 25.7 Å². The van der Waals surface area contributed by atoms with Gasteiger partial charge in [0.2, 0.25) is 15.9 Å². The van der Waals surface area contributed by atoms with Crippen molar-refractivity contribution in [2.75, 3.05) is 56.0 Å². The number of aryl methyl sites for hydroxylation is 1. The van der Waals surface area contributed by atoms with Crippen molar-refractivity contribution >= 4 is 27.3 Å². The third-order valence-corrected chi connectivity index (χ3v) is 7.80. The number of nitrogens with one attached hydrogen (secondary N) is 1. The molecule has 2 aromatic rings. The fourth-order valence-electron chi connectivity index (χ4n) is 3.86. The minimum absolute atomic E-state index is 0.167. The predicted octanol–water partition coefficient (Wildman–Crippen LogP) is 2.93.